The number of fused-ring (bicyclic) bond motifs is 1. The minimum Gasteiger partial charge on any atom is -0.341 e. The van der Waals surface area contributed by atoms with E-state index in [0.717, 1.165) is 25.9 Å². The second-order valence-corrected chi connectivity index (χ2v) is 10.2. The number of amidine groups is 1. The van der Waals surface area contributed by atoms with E-state index < -0.39 is 16.1 Å². The van der Waals surface area contributed by atoms with E-state index in [1.54, 1.807) is 24.3 Å². The van der Waals surface area contributed by atoms with Crippen molar-refractivity contribution in [3.63, 3.8) is 0 Å². The number of nitrogens with zero attached hydrogens (tertiary/aromatic N) is 3. The Morgan fingerprint density at radius 2 is 1.76 bits per heavy atom. The average molecular weight is 419 g/mol. The van der Waals surface area contributed by atoms with Crippen LogP contribution in [0.25, 0.3) is 0 Å². The predicted molar refractivity (Wildman–Crippen MR) is 112 cm³/mol. The molecule has 1 atom stereocenters. The van der Waals surface area contributed by atoms with E-state index in [-0.39, 0.29) is 22.6 Å². The van der Waals surface area contributed by atoms with Gasteiger partial charge in [0.2, 0.25) is 5.91 Å². The van der Waals surface area contributed by atoms with E-state index >= 15 is 0 Å². The lowest BCUT2D eigenvalue weighted by Gasteiger charge is -2.38. The molecule has 158 valence electrons. The number of likely N-dealkylation sites (tertiary alicyclic amines) is 2. The van der Waals surface area contributed by atoms with E-state index in [0.29, 0.717) is 11.6 Å². The molecular formula is C21H30N4O3S. The Labute approximate surface area is 173 Å². The molecule has 0 radical (unpaired) electrons. The summed E-state index contributed by atoms with van der Waals surface area (Å²) >= 11 is 0. The van der Waals surface area contributed by atoms with Crippen LogP contribution in [0.15, 0.2) is 34.2 Å². The Kier molecular flexibility index (Phi) is 5.66. The van der Waals surface area contributed by atoms with Crippen LogP contribution in [0.4, 0.5) is 0 Å². The lowest BCUT2D eigenvalue weighted by molar-refractivity contribution is -0.135. The minimum absolute atomic E-state index is 0.00375. The van der Waals surface area contributed by atoms with Crippen LogP contribution in [0.3, 0.4) is 0 Å². The number of rotatable bonds is 4. The SMILES string of the molecule is CC(C)[C@H](N=C1NS(=O)(=O)c2ccccc21)C(=O)N1CCC(N2CCCC2)CC1. The summed E-state index contributed by atoms with van der Waals surface area (Å²) in [5.41, 5.74) is 0.540. The topological polar surface area (TPSA) is 82.1 Å². The zero-order valence-electron chi connectivity index (χ0n) is 17.2. The summed E-state index contributed by atoms with van der Waals surface area (Å²) in [6.45, 7) is 7.77. The van der Waals surface area contributed by atoms with Gasteiger partial charge in [0.25, 0.3) is 10.0 Å². The molecule has 2 fully saturated rings. The third kappa shape index (κ3) is 4.05. The second-order valence-electron chi connectivity index (χ2n) is 8.57. The molecule has 0 spiro atoms. The number of carbonyl (C=O) groups excluding carboxylic acids is 1. The van der Waals surface area contributed by atoms with Crippen molar-refractivity contribution in [1.29, 1.82) is 0 Å². The summed E-state index contributed by atoms with van der Waals surface area (Å²) in [6.07, 6.45) is 4.57. The van der Waals surface area contributed by atoms with Crippen LogP contribution < -0.4 is 4.72 Å². The molecule has 3 aliphatic heterocycles. The number of hydrogen-bond acceptors (Lipinski definition) is 5. The number of aliphatic imine (C=N–C) groups is 1. The first kappa shape index (κ1) is 20.3. The van der Waals surface area contributed by atoms with Gasteiger partial charge in [-0.25, -0.2) is 8.42 Å². The van der Waals surface area contributed by atoms with Crippen LogP contribution in [-0.2, 0) is 14.8 Å². The van der Waals surface area contributed by atoms with Crippen molar-refractivity contribution >= 4 is 21.8 Å². The molecule has 29 heavy (non-hydrogen) atoms. The van der Waals surface area contributed by atoms with Gasteiger partial charge in [0, 0.05) is 24.7 Å². The fourth-order valence-corrected chi connectivity index (χ4v) is 5.84. The highest BCUT2D eigenvalue weighted by Gasteiger charge is 2.35. The number of carbonyl (C=O) groups is 1. The number of amides is 1. The smallest absolute Gasteiger partial charge is 0.263 e. The van der Waals surface area contributed by atoms with Crippen molar-refractivity contribution in [3.05, 3.63) is 29.8 Å². The van der Waals surface area contributed by atoms with Crippen LogP contribution in [-0.4, -0.2) is 68.2 Å². The predicted octanol–water partition coefficient (Wildman–Crippen LogP) is 1.84. The second kappa shape index (κ2) is 8.07. The van der Waals surface area contributed by atoms with Gasteiger partial charge in [-0.2, -0.15) is 0 Å². The standard InChI is InChI=1S/C21H30N4O3S/c1-15(2)19(22-20-17-7-3-4-8-18(17)29(27,28)23-20)21(26)25-13-9-16(10-14-25)24-11-5-6-12-24/h3-4,7-8,15-16,19H,5-6,9-14H2,1-2H3,(H,22,23)/t19-/m0/s1. The highest BCUT2D eigenvalue weighted by atomic mass is 32.2. The first-order valence-electron chi connectivity index (χ1n) is 10.6. The number of hydrogen-bond donors (Lipinski definition) is 1. The highest BCUT2D eigenvalue weighted by Crippen LogP contribution is 2.25. The third-order valence-corrected chi connectivity index (χ3v) is 7.65. The van der Waals surface area contributed by atoms with Crippen LogP contribution in [0, 0.1) is 5.92 Å². The molecule has 3 heterocycles. The molecule has 0 aromatic heterocycles. The lowest BCUT2D eigenvalue weighted by atomic mass is 9.99. The summed E-state index contributed by atoms with van der Waals surface area (Å²) in [6, 6.07) is 6.76. The van der Waals surface area contributed by atoms with E-state index in [9.17, 15) is 13.2 Å². The fourth-order valence-electron chi connectivity index (χ4n) is 4.60. The molecule has 1 N–H and O–H groups in total. The van der Waals surface area contributed by atoms with Crippen molar-refractivity contribution < 1.29 is 13.2 Å². The number of piperidine rings is 1. The van der Waals surface area contributed by atoms with Gasteiger partial charge in [0.15, 0.2) is 0 Å². The highest BCUT2D eigenvalue weighted by molar-refractivity contribution is 7.90. The number of nitrogens with one attached hydrogen (secondary N) is 1. The Bertz CT molecular complexity index is 898. The summed E-state index contributed by atoms with van der Waals surface area (Å²) in [4.78, 5) is 22.6. The molecule has 0 unspecified atom stereocenters. The largest absolute Gasteiger partial charge is 0.341 e. The van der Waals surface area contributed by atoms with Gasteiger partial charge in [0.1, 0.15) is 11.9 Å². The van der Waals surface area contributed by atoms with Gasteiger partial charge in [-0.15, -0.1) is 0 Å². The monoisotopic (exact) mass is 418 g/mol. The maximum absolute atomic E-state index is 13.3. The molecule has 0 aliphatic carbocycles. The quantitative estimate of drug-likeness (QED) is 0.809. The van der Waals surface area contributed by atoms with Crippen molar-refractivity contribution in [2.24, 2.45) is 10.9 Å². The Morgan fingerprint density at radius 1 is 1.10 bits per heavy atom. The third-order valence-electron chi connectivity index (χ3n) is 6.25. The Hall–Kier alpha value is -1.93. The average Bonchev–Trinajstić information content (AvgIpc) is 3.33. The van der Waals surface area contributed by atoms with Crippen LogP contribution >= 0.6 is 0 Å². The van der Waals surface area contributed by atoms with Gasteiger partial charge >= 0.3 is 0 Å². The zero-order chi connectivity index (χ0) is 20.6. The maximum atomic E-state index is 13.3. The molecule has 7 nitrogen and oxygen atoms in total. The van der Waals surface area contributed by atoms with E-state index in [1.807, 2.05) is 18.7 Å². The molecule has 4 rings (SSSR count). The van der Waals surface area contributed by atoms with Crippen molar-refractivity contribution in [2.45, 2.75) is 56.5 Å². The summed E-state index contributed by atoms with van der Waals surface area (Å²) < 4.78 is 27.2. The van der Waals surface area contributed by atoms with Crippen molar-refractivity contribution in [1.82, 2.24) is 14.5 Å². The molecule has 3 aliphatic rings. The molecule has 0 bridgehead atoms. The lowest BCUT2D eigenvalue weighted by Crippen LogP contribution is -2.49. The Balaban J connectivity index is 1.50. The van der Waals surface area contributed by atoms with Crippen molar-refractivity contribution in [2.75, 3.05) is 26.2 Å². The first-order chi connectivity index (χ1) is 13.9. The van der Waals surface area contributed by atoms with Crippen LogP contribution in [0.2, 0.25) is 0 Å². The maximum Gasteiger partial charge on any atom is 0.263 e. The molecule has 1 aromatic rings. The molecular weight excluding hydrogens is 388 g/mol. The van der Waals surface area contributed by atoms with E-state index in [1.165, 1.54) is 25.9 Å². The number of benzene rings is 1. The summed E-state index contributed by atoms with van der Waals surface area (Å²) in [5.74, 6) is 0.249. The van der Waals surface area contributed by atoms with Gasteiger partial charge < -0.3 is 9.80 Å². The van der Waals surface area contributed by atoms with Gasteiger partial charge in [-0.1, -0.05) is 26.0 Å². The molecule has 0 saturated carbocycles. The van der Waals surface area contributed by atoms with E-state index in [4.69, 9.17) is 0 Å². The summed E-state index contributed by atoms with van der Waals surface area (Å²) in [5, 5.41) is 0. The van der Waals surface area contributed by atoms with Gasteiger partial charge in [0.05, 0.1) is 4.90 Å². The van der Waals surface area contributed by atoms with Crippen LogP contribution in [0.1, 0.15) is 45.1 Å². The molecule has 8 heteroatoms. The van der Waals surface area contributed by atoms with E-state index in [2.05, 4.69) is 14.6 Å². The van der Waals surface area contributed by atoms with Gasteiger partial charge in [-0.3, -0.25) is 14.5 Å². The van der Waals surface area contributed by atoms with Crippen LogP contribution in [0.5, 0.6) is 0 Å². The Morgan fingerprint density at radius 3 is 2.41 bits per heavy atom. The minimum atomic E-state index is -3.60. The molecule has 1 amide bonds. The van der Waals surface area contributed by atoms with Gasteiger partial charge in [-0.05, 0) is 56.8 Å². The fraction of sp³-hybridized carbons (Fsp3) is 0.619. The molecule has 2 saturated heterocycles. The first-order valence-corrected chi connectivity index (χ1v) is 12.1. The number of sulfonamides is 1. The zero-order valence-corrected chi connectivity index (χ0v) is 18.0. The van der Waals surface area contributed by atoms with Crippen molar-refractivity contribution in [3.8, 4) is 0 Å². The normalized spacial score (nSPS) is 24.7. The molecule has 1 aromatic carbocycles. The summed E-state index contributed by atoms with van der Waals surface area (Å²) in [7, 11) is -3.60.